The molecule has 0 N–H and O–H groups in total. The first kappa shape index (κ1) is 15.7. The molecule has 3 aromatic rings. The van der Waals surface area contributed by atoms with E-state index < -0.39 is 10.8 Å². The van der Waals surface area contributed by atoms with Crippen molar-refractivity contribution in [3.8, 4) is 0 Å². The van der Waals surface area contributed by atoms with Crippen molar-refractivity contribution in [3.63, 3.8) is 0 Å². The molecule has 0 spiro atoms. The number of benzene rings is 2. The van der Waals surface area contributed by atoms with Crippen LogP contribution in [0.2, 0.25) is 0 Å². The maximum absolute atomic E-state index is 12.9. The molecule has 1 unspecified atom stereocenters. The molecule has 1 heterocycles. The van der Waals surface area contributed by atoms with E-state index in [4.69, 9.17) is 0 Å². The SMILES string of the molecule is Cc1cccc(CS(=O)c2nc3ccccc3n2C)c1N(C)C. The van der Waals surface area contributed by atoms with Gasteiger partial charge in [0.1, 0.15) is 0 Å². The minimum Gasteiger partial charge on any atom is -0.377 e. The Bertz CT molecular complexity index is 883. The molecule has 0 aliphatic rings. The van der Waals surface area contributed by atoms with Gasteiger partial charge < -0.3 is 9.47 Å². The molecule has 23 heavy (non-hydrogen) atoms. The van der Waals surface area contributed by atoms with Crippen LogP contribution in [0.5, 0.6) is 0 Å². The molecule has 1 atom stereocenters. The average Bonchev–Trinajstić information content (AvgIpc) is 2.85. The van der Waals surface area contributed by atoms with E-state index in [1.807, 2.05) is 62.1 Å². The first-order valence-electron chi connectivity index (χ1n) is 7.54. The smallest absolute Gasteiger partial charge is 0.200 e. The Morgan fingerprint density at radius 1 is 1.13 bits per heavy atom. The van der Waals surface area contributed by atoms with Crippen LogP contribution >= 0.6 is 0 Å². The van der Waals surface area contributed by atoms with Crippen LogP contribution in [0.15, 0.2) is 47.6 Å². The second-order valence-corrected chi connectivity index (χ2v) is 7.25. The molecule has 0 fully saturated rings. The number of para-hydroxylation sites is 3. The molecule has 1 aromatic heterocycles. The van der Waals surface area contributed by atoms with Crippen molar-refractivity contribution in [1.29, 1.82) is 0 Å². The Kier molecular flexibility index (Phi) is 4.22. The van der Waals surface area contributed by atoms with Gasteiger partial charge in [0.2, 0.25) is 0 Å². The molecule has 3 rings (SSSR count). The first-order valence-corrected chi connectivity index (χ1v) is 8.86. The number of aromatic nitrogens is 2. The lowest BCUT2D eigenvalue weighted by Crippen LogP contribution is -2.14. The summed E-state index contributed by atoms with van der Waals surface area (Å²) in [5.41, 5.74) is 5.30. The Morgan fingerprint density at radius 3 is 2.57 bits per heavy atom. The maximum Gasteiger partial charge on any atom is 0.200 e. The van der Waals surface area contributed by atoms with Gasteiger partial charge in [0.15, 0.2) is 5.16 Å². The van der Waals surface area contributed by atoms with Crippen molar-refractivity contribution in [2.75, 3.05) is 19.0 Å². The van der Waals surface area contributed by atoms with Crippen LogP contribution in [0.1, 0.15) is 11.1 Å². The van der Waals surface area contributed by atoms with Gasteiger partial charge in [0.25, 0.3) is 0 Å². The first-order chi connectivity index (χ1) is 11.0. The maximum atomic E-state index is 12.9. The molecule has 0 aliphatic heterocycles. The van der Waals surface area contributed by atoms with Gasteiger partial charge in [-0.3, -0.25) is 4.21 Å². The van der Waals surface area contributed by atoms with Gasteiger partial charge in [-0.25, -0.2) is 4.98 Å². The number of hydrogen-bond acceptors (Lipinski definition) is 3. The largest absolute Gasteiger partial charge is 0.377 e. The highest BCUT2D eigenvalue weighted by Gasteiger charge is 2.17. The van der Waals surface area contributed by atoms with E-state index in [9.17, 15) is 4.21 Å². The highest BCUT2D eigenvalue weighted by atomic mass is 32.2. The van der Waals surface area contributed by atoms with Crippen LogP contribution in [0, 0.1) is 6.92 Å². The van der Waals surface area contributed by atoms with Crippen LogP contribution in [0.25, 0.3) is 11.0 Å². The number of rotatable bonds is 4. The third-order valence-electron chi connectivity index (χ3n) is 4.00. The molecule has 0 aliphatic carbocycles. The molecule has 120 valence electrons. The zero-order valence-corrected chi connectivity index (χ0v) is 14.7. The van der Waals surface area contributed by atoms with Gasteiger partial charge in [-0.05, 0) is 30.2 Å². The Balaban J connectivity index is 1.99. The molecule has 0 saturated heterocycles. The number of fused-ring (bicyclic) bond motifs is 1. The summed E-state index contributed by atoms with van der Waals surface area (Å²) >= 11 is 0. The van der Waals surface area contributed by atoms with E-state index in [1.54, 1.807) is 0 Å². The summed E-state index contributed by atoms with van der Waals surface area (Å²) in [4.78, 5) is 6.63. The van der Waals surface area contributed by atoms with Gasteiger partial charge in [0.05, 0.1) is 27.6 Å². The summed E-state index contributed by atoms with van der Waals surface area (Å²) in [5.74, 6) is 0.465. The monoisotopic (exact) mass is 327 g/mol. The van der Waals surface area contributed by atoms with E-state index >= 15 is 0 Å². The second-order valence-electron chi connectivity index (χ2n) is 5.91. The molecule has 4 nitrogen and oxygen atoms in total. The summed E-state index contributed by atoms with van der Waals surface area (Å²) in [6.45, 7) is 2.08. The number of imidazole rings is 1. The topological polar surface area (TPSA) is 38.1 Å². The van der Waals surface area contributed by atoms with Crippen LogP contribution in [0.3, 0.4) is 0 Å². The Hall–Kier alpha value is -2.14. The van der Waals surface area contributed by atoms with Crippen molar-refractivity contribution in [1.82, 2.24) is 9.55 Å². The van der Waals surface area contributed by atoms with Crippen LogP contribution in [-0.2, 0) is 23.6 Å². The number of nitrogens with zero attached hydrogens (tertiary/aromatic N) is 3. The van der Waals surface area contributed by atoms with Crippen molar-refractivity contribution in [2.24, 2.45) is 7.05 Å². The predicted molar refractivity (Wildman–Crippen MR) is 96.3 cm³/mol. The second kappa shape index (κ2) is 6.16. The van der Waals surface area contributed by atoms with Crippen molar-refractivity contribution in [3.05, 3.63) is 53.6 Å². The third kappa shape index (κ3) is 2.88. The van der Waals surface area contributed by atoms with E-state index in [0.717, 1.165) is 22.3 Å². The molecular weight excluding hydrogens is 306 g/mol. The summed E-state index contributed by atoms with van der Waals surface area (Å²) in [5, 5.41) is 0.623. The molecular formula is C18H21N3OS. The van der Waals surface area contributed by atoms with E-state index in [-0.39, 0.29) is 0 Å². The lowest BCUT2D eigenvalue weighted by atomic mass is 10.1. The molecule has 0 amide bonds. The highest BCUT2D eigenvalue weighted by Crippen LogP contribution is 2.26. The highest BCUT2D eigenvalue weighted by molar-refractivity contribution is 7.84. The van der Waals surface area contributed by atoms with Crippen LogP contribution in [-0.4, -0.2) is 27.9 Å². The lowest BCUT2D eigenvalue weighted by Gasteiger charge is -2.20. The fourth-order valence-corrected chi connectivity index (χ4v) is 4.26. The van der Waals surface area contributed by atoms with E-state index in [0.29, 0.717) is 10.9 Å². The molecule has 2 aromatic carbocycles. The predicted octanol–water partition coefficient (Wildman–Crippen LogP) is 3.26. The summed E-state index contributed by atoms with van der Waals surface area (Å²) < 4.78 is 14.8. The molecule has 0 radical (unpaired) electrons. The zero-order chi connectivity index (χ0) is 16.6. The number of hydrogen-bond donors (Lipinski definition) is 0. The van der Waals surface area contributed by atoms with Crippen LogP contribution in [0.4, 0.5) is 5.69 Å². The van der Waals surface area contributed by atoms with Crippen molar-refractivity contribution < 1.29 is 4.21 Å². The third-order valence-corrected chi connectivity index (χ3v) is 5.35. The zero-order valence-electron chi connectivity index (χ0n) is 13.9. The molecule has 5 heteroatoms. The normalized spacial score (nSPS) is 12.5. The lowest BCUT2D eigenvalue weighted by molar-refractivity contribution is 0.667. The minimum absolute atomic E-state index is 0.465. The Labute approximate surface area is 139 Å². The standard InChI is InChI=1S/C18H21N3OS/c1-13-8-7-9-14(17(13)20(2)3)12-23(22)18-19-15-10-5-6-11-16(15)21(18)4/h5-11H,12H2,1-4H3. The quantitative estimate of drug-likeness (QED) is 0.738. The van der Waals surface area contributed by atoms with Crippen LogP contribution < -0.4 is 4.90 Å². The number of anilines is 1. The van der Waals surface area contributed by atoms with Crippen molar-refractivity contribution in [2.45, 2.75) is 17.8 Å². The summed E-state index contributed by atoms with van der Waals surface area (Å²) in [6, 6.07) is 14.0. The van der Waals surface area contributed by atoms with Gasteiger partial charge in [-0.1, -0.05) is 30.3 Å². The molecule has 0 bridgehead atoms. The van der Waals surface area contributed by atoms with Gasteiger partial charge >= 0.3 is 0 Å². The van der Waals surface area contributed by atoms with Gasteiger partial charge in [-0.15, -0.1) is 0 Å². The Morgan fingerprint density at radius 2 is 1.87 bits per heavy atom. The summed E-state index contributed by atoms with van der Waals surface area (Å²) in [6.07, 6.45) is 0. The van der Waals surface area contributed by atoms with E-state index in [1.165, 1.54) is 5.56 Å². The molecule has 0 saturated carbocycles. The fraction of sp³-hybridized carbons (Fsp3) is 0.278. The van der Waals surface area contributed by atoms with E-state index in [2.05, 4.69) is 22.9 Å². The fourth-order valence-electron chi connectivity index (χ4n) is 3.01. The van der Waals surface area contributed by atoms with Crippen molar-refractivity contribution >= 4 is 27.5 Å². The van der Waals surface area contributed by atoms with Gasteiger partial charge in [0, 0.05) is 26.8 Å². The average molecular weight is 327 g/mol. The van der Waals surface area contributed by atoms with Gasteiger partial charge in [-0.2, -0.15) is 0 Å². The number of aryl methyl sites for hydroxylation is 2. The summed E-state index contributed by atoms with van der Waals surface area (Å²) in [7, 11) is 4.77. The minimum atomic E-state index is -1.19.